The van der Waals surface area contributed by atoms with Crippen molar-refractivity contribution in [2.75, 3.05) is 0 Å². The maximum Gasteiger partial charge on any atom is 0.514 e. The summed E-state index contributed by atoms with van der Waals surface area (Å²) in [5.41, 5.74) is 4.87. The number of carbonyl (C=O) groups excluding carboxylic acids is 1. The molecule has 0 radical (unpaired) electrons. The van der Waals surface area contributed by atoms with Gasteiger partial charge in [-0.1, -0.05) is 30.3 Å². The minimum absolute atomic E-state index is 0.206. The number of rotatable bonds is 5. The predicted molar refractivity (Wildman–Crippen MR) is 107 cm³/mol. The number of ether oxygens (including phenoxy) is 2. The number of hydrogen-bond acceptors (Lipinski definition) is 4. The van der Waals surface area contributed by atoms with Gasteiger partial charge in [0.05, 0.1) is 0 Å². The molecule has 2 aliphatic rings. The minimum Gasteiger partial charge on any atom is -0.429 e. The lowest BCUT2D eigenvalue weighted by molar-refractivity contribution is 0.0928. The maximum atomic E-state index is 12.1. The average molecular weight is 376 g/mol. The first-order valence-corrected chi connectivity index (χ1v) is 9.95. The van der Waals surface area contributed by atoms with Crippen LogP contribution in [0.1, 0.15) is 42.1 Å². The molecule has 0 amide bonds. The van der Waals surface area contributed by atoms with Crippen LogP contribution in [0.2, 0.25) is 0 Å². The molecule has 1 saturated carbocycles. The molecule has 1 unspecified atom stereocenters. The number of fused-ring (bicyclic) bond motifs is 3. The van der Waals surface area contributed by atoms with Crippen molar-refractivity contribution in [3.05, 3.63) is 65.4 Å². The number of hydrogen-bond donors (Lipinski definition) is 1. The fourth-order valence-corrected chi connectivity index (χ4v) is 4.25. The van der Waals surface area contributed by atoms with E-state index in [4.69, 9.17) is 9.47 Å². The van der Waals surface area contributed by atoms with Gasteiger partial charge in [0.1, 0.15) is 12.4 Å². The van der Waals surface area contributed by atoms with Gasteiger partial charge in [-0.05, 0) is 55.0 Å². The van der Waals surface area contributed by atoms with Gasteiger partial charge in [0.25, 0.3) is 0 Å². The van der Waals surface area contributed by atoms with Gasteiger partial charge in [0.2, 0.25) is 0 Å². The van der Waals surface area contributed by atoms with Gasteiger partial charge >= 0.3 is 6.16 Å². The van der Waals surface area contributed by atoms with Crippen molar-refractivity contribution in [2.24, 2.45) is 7.05 Å². The highest BCUT2D eigenvalue weighted by atomic mass is 16.7. The number of aromatic nitrogens is 1. The summed E-state index contributed by atoms with van der Waals surface area (Å²) in [5.74, 6) is 0.526. The van der Waals surface area contributed by atoms with Crippen LogP contribution in [-0.2, 0) is 24.8 Å². The lowest BCUT2D eigenvalue weighted by Gasteiger charge is -2.15. The fourth-order valence-electron chi connectivity index (χ4n) is 4.25. The van der Waals surface area contributed by atoms with Crippen molar-refractivity contribution in [3.8, 4) is 5.75 Å². The first-order chi connectivity index (χ1) is 13.7. The number of aryl methyl sites for hydroxylation is 2. The summed E-state index contributed by atoms with van der Waals surface area (Å²) in [6.07, 6.45) is 4.09. The third-order valence-electron chi connectivity index (χ3n) is 5.75. The average Bonchev–Trinajstić information content (AvgIpc) is 3.36. The molecule has 2 aromatic carbocycles. The second kappa shape index (κ2) is 6.99. The quantitative estimate of drug-likeness (QED) is 0.521. The van der Waals surface area contributed by atoms with Gasteiger partial charge in [-0.25, -0.2) is 4.79 Å². The first kappa shape index (κ1) is 17.3. The smallest absolute Gasteiger partial charge is 0.429 e. The Bertz CT molecular complexity index is 1020. The lowest BCUT2D eigenvalue weighted by atomic mass is 10.1. The van der Waals surface area contributed by atoms with E-state index in [0.717, 1.165) is 18.4 Å². The normalized spacial score (nSPS) is 18.2. The molecule has 5 heteroatoms. The van der Waals surface area contributed by atoms with Gasteiger partial charge in [-0.2, -0.15) is 0 Å². The largest absolute Gasteiger partial charge is 0.514 e. The van der Waals surface area contributed by atoms with Crippen molar-refractivity contribution < 1.29 is 14.3 Å². The molecule has 5 rings (SSSR count). The van der Waals surface area contributed by atoms with Gasteiger partial charge in [0, 0.05) is 35.7 Å². The molecule has 1 atom stereocenters. The van der Waals surface area contributed by atoms with Gasteiger partial charge in [0.15, 0.2) is 0 Å². The number of nitrogens with one attached hydrogen (secondary N) is 1. The van der Waals surface area contributed by atoms with Crippen LogP contribution in [-0.4, -0.2) is 16.8 Å². The van der Waals surface area contributed by atoms with E-state index in [0.29, 0.717) is 17.8 Å². The Kier molecular flexibility index (Phi) is 4.32. The SMILES string of the molecule is Cn1c2c(c3cc(OC(=O)OCc4ccccc4)ccc31)CCC2NC1CC1. The number of benzene rings is 2. The third kappa shape index (κ3) is 3.27. The first-order valence-electron chi connectivity index (χ1n) is 9.95. The molecule has 5 nitrogen and oxygen atoms in total. The van der Waals surface area contributed by atoms with Crippen LogP contribution in [0, 0.1) is 0 Å². The van der Waals surface area contributed by atoms with E-state index in [1.165, 1.54) is 35.0 Å². The molecule has 3 aromatic rings. The monoisotopic (exact) mass is 376 g/mol. The standard InChI is InChI=1S/C23H24N2O3/c1-25-21-12-9-17(28-23(26)27-14-15-5-3-2-4-6-15)13-19(21)18-10-11-20(22(18)25)24-16-7-8-16/h2-6,9,12-13,16,20,24H,7-8,10-11,14H2,1H3. The van der Waals surface area contributed by atoms with Crippen LogP contribution in [0.5, 0.6) is 5.75 Å². The summed E-state index contributed by atoms with van der Waals surface area (Å²) >= 11 is 0. The van der Waals surface area contributed by atoms with Crippen molar-refractivity contribution in [3.63, 3.8) is 0 Å². The Morgan fingerprint density at radius 1 is 1.14 bits per heavy atom. The summed E-state index contributed by atoms with van der Waals surface area (Å²) < 4.78 is 12.9. The van der Waals surface area contributed by atoms with Gasteiger partial charge in [-0.3, -0.25) is 0 Å². The van der Waals surface area contributed by atoms with E-state index >= 15 is 0 Å². The highest BCUT2D eigenvalue weighted by Gasteiger charge is 2.33. The molecule has 1 aromatic heterocycles. The molecular formula is C23H24N2O3. The van der Waals surface area contributed by atoms with E-state index in [2.05, 4.69) is 16.9 Å². The van der Waals surface area contributed by atoms with Crippen LogP contribution in [0.25, 0.3) is 10.9 Å². The maximum absolute atomic E-state index is 12.1. The summed E-state index contributed by atoms with van der Waals surface area (Å²) in [5, 5.41) is 4.94. The van der Waals surface area contributed by atoms with E-state index in [1.807, 2.05) is 48.5 Å². The predicted octanol–water partition coefficient (Wildman–Crippen LogP) is 4.63. The zero-order valence-corrected chi connectivity index (χ0v) is 16.0. The van der Waals surface area contributed by atoms with Gasteiger partial charge in [-0.15, -0.1) is 0 Å². The molecule has 0 saturated heterocycles. The molecule has 28 heavy (non-hydrogen) atoms. The number of nitrogens with zero attached hydrogens (tertiary/aromatic N) is 1. The molecule has 2 aliphatic carbocycles. The van der Waals surface area contributed by atoms with Crippen LogP contribution in [0.3, 0.4) is 0 Å². The molecule has 144 valence electrons. The highest BCUT2D eigenvalue weighted by Crippen LogP contribution is 2.40. The van der Waals surface area contributed by atoms with Crippen LogP contribution in [0.4, 0.5) is 4.79 Å². The van der Waals surface area contributed by atoms with Crippen LogP contribution < -0.4 is 10.1 Å². The van der Waals surface area contributed by atoms with Crippen molar-refractivity contribution >= 4 is 17.1 Å². The Hall–Kier alpha value is -2.79. The molecule has 0 aliphatic heterocycles. The Morgan fingerprint density at radius 2 is 1.96 bits per heavy atom. The molecule has 0 bridgehead atoms. The Labute approximate surface area is 164 Å². The van der Waals surface area contributed by atoms with Crippen LogP contribution in [0.15, 0.2) is 48.5 Å². The summed E-state index contributed by atoms with van der Waals surface area (Å²) in [4.78, 5) is 12.1. The lowest BCUT2D eigenvalue weighted by Crippen LogP contribution is -2.23. The molecule has 1 fully saturated rings. The molecule has 1 N–H and O–H groups in total. The second-order valence-corrected chi connectivity index (χ2v) is 7.76. The Balaban J connectivity index is 1.33. The summed E-state index contributed by atoms with van der Waals surface area (Å²) in [6, 6.07) is 16.5. The summed E-state index contributed by atoms with van der Waals surface area (Å²) in [7, 11) is 2.13. The Morgan fingerprint density at radius 3 is 2.75 bits per heavy atom. The van der Waals surface area contributed by atoms with E-state index in [-0.39, 0.29) is 6.61 Å². The van der Waals surface area contributed by atoms with E-state index in [1.54, 1.807) is 0 Å². The minimum atomic E-state index is -0.677. The van der Waals surface area contributed by atoms with Gasteiger partial charge < -0.3 is 19.4 Å². The van der Waals surface area contributed by atoms with Crippen LogP contribution >= 0.6 is 0 Å². The number of carbonyl (C=O) groups is 1. The third-order valence-corrected chi connectivity index (χ3v) is 5.75. The van der Waals surface area contributed by atoms with E-state index < -0.39 is 6.16 Å². The highest BCUT2D eigenvalue weighted by molar-refractivity contribution is 5.88. The zero-order valence-electron chi connectivity index (χ0n) is 16.0. The molecule has 0 spiro atoms. The summed E-state index contributed by atoms with van der Waals surface area (Å²) in [6.45, 7) is 0.206. The van der Waals surface area contributed by atoms with Crippen molar-refractivity contribution in [2.45, 2.75) is 44.4 Å². The zero-order chi connectivity index (χ0) is 19.1. The van der Waals surface area contributed by atoms with Crippen molar-refractivity contribution in [1.82, 2.24) is 9.88 Å². The topological polar surface area (TPSA) is 52.5 Å². The molecular weight excluding hydrogens is 352 g/mol. The van der Waals surface area contributed by atoms with Crippen molar-refractivity contribution in [1.29, 1.82) is 0 Å². The fraction of sp³-hybridized carbons (Fsp3) is 0.348. The second-order valence-electron chi connectivity index (χ2n) is 7.76. The molecule has 1 heterocycles. The van der Waals surface area contributed by atoms with E-state index in [9.17, 15) is 4.79 Å².